The first-order chi connectivity index (χ1) is 6.56. The molecule has 1 rings (SSSR count). The maximum absolute atomic E-state index is 12.5. The summed E-state index contributed by atoms with van der Waals surface area (Å²) < 4.78 is 12.5. The fourth-order valence-corrected chi connectivity index (χ4v) is 1.70. The Bertz CT molecular complexity index is 317. The molecule has 0 radical (unpaired) electrons. The smallest absolute Gasteiger partial charge is 0.115 e. The molecule has 14 heavy (non-hydrogen) atoms. The molecule has 0 bridgehead atoms. The molecule has 2 unspecified atom stereocenters. The summed E-state index contributed by atoms with van der Waals surface area (Å²) in [6, 6.07) is 4.53. The molecule has 3 N–H and O–H groups in total. The zero-order chi connectivity index (χ0) is 10.7. The van der Waals surface area contributed by atoms with Gasteiger partial charge in [0, 0.05) is 10.9 Å². The van der Waals surface area contributed by atoms with Crippen LogP contribution in [0.25, 0.3) is 0 Å². The Morgan fingerprint density at radius 2 is 2.07 bits per heavy atom. The molecule has 0 amide bonds. The molecule has 4 heteroatoms. The van der Waals surface area contributed by atoms with Crippen LogP contribution in [0, 0.1) is 0 Å². The quantitative estimate of drug-likeness (QED) is 0.815. The van der Waals surface area contributed by atoms with Crippen LogP contribution in [0.3, 0.4) is 0 Å². The lowest BCUT2D eigenvalue weighted by Crippen LogP contribution is -2.22. The van der Waals surface area contributed by atoms with E-state index in [9.17, 15) is 8.99 Å². The van der Waals surface area contributed by atoms with E-state index >= 15 is 0 Å². The summed E-state index contributed by atoms with van der Waals surface area (Å²) in [5.74, 6) is 0.172. The number of hydrogen-bond acceptors (Lipinski definition) is 3. The molecule has 2 nitrogen and oxygen atoms in total. The monoisotopic (exact) mass is 215 g/mol. The van der Waals surface area contributed by atoms with Gasteiger partial charge in [-0.1, -0.05) is 6.92 Å². The van der Waals surface area contributed by atoms with Crippen molar-refractivity contribution in [1.29, 1.82) is 0 Å². The van der Waals surface area contributed by atoms with Crippen LogP contribution in [0.2, 0.25) is 0 Å². The molecule has 0 saturated heterocycles. The highest BCUT2D eigenvalue weighted by Gasteiger charge is 2.15. The van der Waals surface area contributed by atoms with Crippen LogP contribution >= 0.6 is 12.1 Å². The molecule has 0 spiro atoms. The summed E-state index contributed by atoms with van der Waals surface area (Å²) in [6.07, 6.45) is 0. The molecule has 0 aliphatic heterocycles. The standard InChI is InChI=1S/C10H14FNOS/c1-6(7(2)12)9-5-8(13)3-4-10(9)14-11/h3-7,13H,12H2,1-2H3. The molecular weight excluding hydrogens is 201 g/mol. The summed E-state index contributed by atoms with van der Waals surface area (Å²) in [6.45, 7) is 3.78. The average Bonchev–Trinajstić information content (AvgIpc) is 2.16. The number of halogens is 1. The van der Waals surface area contributed by atoms with Crippen molar-refractivity contribution in [3.05, 3.63) is 23.8 Å². The Morgan fingerprint density at radius 1 is 1.43 bits per heavy atom. The predicted molar refractivity (Wildman–Crippen MR) is 57.1 cm³/mol. The van der Waals surface area contributed by atoms with Crippen molar-refractivity contribution in [3.63, 3.8) is 0 Å². The Balaban J connectivity index is 3.10. The predicted octanol–water partition coefficient (Wildman–Crippen LogP) is 2.82. The van der Waals surface area contributed by atoms with E-state index in [1.54, 1.807) is 12.1 Å². The van der Waals surface area contributed by atoms with Crippen LogP contribution < -0.4 is 5.73 Å². The first-order valence-corrected chi connectivity index (χ1v) is 5.15. The number of phenolic OH excluding ortho intramolecular Hbond substituents is 1. The number of benzene rings is 1. The molecule has 78 valence electrons. The van der Waals surface area contributed by atoms with Gasteiger partial charge in [0.25, 0.3) is 0 Å². The fourth-order valence-electron chi connectivity index (χ4n) is 1.25. The molecule has 0 saturated carbocycles. The zero-order valence-corrected chi connectivity index (χ0v) is 9.01. The highest BCUT2D eigenvalue weighted by molar-refractivity contribution is 7.94. The fraction of sp³-hybridized carbons (Fsp3) is 0.400. The summed E-state index contributed by atoms with van der Waals surface area (Å²) in [5, 5.41) is 9.29. The third-order valence-electron chi connectivity index (χ3n) is 2.36. The lowest BCUT2D eigenvalue weighted by atomic mass is 9.95. The van der Waals surface area contributed by atoms with Crippen LogP contribution in [0.5, 0.6) is 5.75 Å². The van der Waals surface area contributed by atoms with Gasteiger partial charge < -0.3 is 10.8 Å². The Hall–Kier alpha value is -0.740. The van der Waals surface area contributed by atoms with Gasteiger partial charge in [0.1, 0.15) is 5.75 Å². The average molecular weight is 215 g/mol. The molecule has 0 aliphatic carbocycles. The van der Waals surface area contributed by atoms with Crippen molar-refractivity contribution in [2.24, 2.45) is 5.73 Å². The second kappa shape index (κ2) is 4.66. The maximum Gasteiger partial charge on any atom is 0.115 e. The van der Waals surface area contributed by atoms with Gasteiger partial charge in [-0.25, -0.2) is 0 Å². The highest BCUT2D eigenvalue weighted by atomic mass is 32.2. The minimum Gasteiger partial charge on any atom is -0.508 e. The van der Waals surface area contributed by atoms with Gasteiger partial charge in [0.15, 0.2) is 0 Å². The summed E-state index contributed by atoms with van der Waals surface area (Å²) in [4.78, 5) is 0.521. The Labute approximate surface area is 87.6 Å². The van der Waals surface area contributed by atoms with Gasteiger partial charge in [-0.2, -0.15) is 3.89 Å². The number of aromatic hydroxyl groups is 1. The molecule has 0 aromatic heterocycles. The van der Waals surface area contributed by atoms with E-state index in [1.807, 2.05) is 13.8 Å². The van der Waals surface area contributed by atoms with Crippen molar-refractivity contribution in [3.8, 4) is 5.75 Å². The maximum atomic E-state index is 12.5. The highest BCUT2D eigenvalue weighted by Crippen LogP contribution is 2.32. The summed E-state index contributed by atoms with van der Waals surface area (Å²) >= 11 is 0.183. The minimum atomic E-state index is -0.0669. The van der Waals surface area contributed by atoms with Gasteiger partial charge >= 0.3 is 0 Å². The van der Waals surface area contributed by atoms with E-state index in [4.69, 9.17) is 5.73 Å². The van der Waals surface area contributed by atoms with Crippen LogP contribution in [-0.2, 0) is 0 Å². The van der Waals surface area contributed by atoms with E-state index in [1.165, 1.54) is 6.07 Å². The SMILES string of the molecule is CC(N)C(C)c1cc(O)ccc1SF. The van der Waals surface area contributed by atoms with Crippen molar-refractivity contribution in [1.82, 2.24) is 0 Å². The molecule has 2 atom stereocenters. The normalized spacial score (nSPS) is 15.1. The Kier molecular flexibility index (Phi) is 3.77. The lowest BCUT2D eigenvalue weighted by molar-refractivity contribution is 0.472. The van der Waals surface area contributed by atoms with Gasteiger partial charge in [-0.15, -0.1) is 0 Å². The van der Waals surface area contributed by atoms with Crippen LogP contribution in [0.4, 0.5) is 3.89 Å². The third-order valence-corrected chi connectivity index (χ3v) is 2.89. The van der Waals surface area contributed by atoms with Crippen molar-refractivity contribution in [2.75, 3.05) is 0 Å². The van der Waals surface area contributed by atoms with E-state index in [0.717, 1.165) is 5.56 Å². The zero-order valence-electron chi connectivity index (χ0n) is 8.20. The van der Waals surface area contributed by atoms with Crippen LogP contribution in [-0.4, -0.2) is 11.1 Å². The first-order valence-electron chi connectivity index (χ1n) is 4.43. The lowest BCUT2D eigenvalue weighted by Gasteiger charge is -2.18. The molecule has 1 aromatic carbocycles. The first kappa shape index (κ1) is 11.3. The second-order valence-corrected chi connectivity index (χ2v) is 4.04. The number of rotatable bonds is 3. The van der Waals surface area contributed by atoms with E-state index in [2.05, 4.69) is 0 Å². The number of phenols is 1. The Morgan fingerprint density at radius 3 is 2.57 bits per heavy atom. The summed E-state index contributed by atoms with van der Waals surface area (Å²) in [5.41, 5.74) is 6.49. The van der Waals surface area contributed by atoms with Gasteiger partial charge in [-0.3, -0.25) is 0 Å². The van der Waals surface area contributed by atoms with Gasteiger partial charge in [0.2, 0.25) is 0 Å². The molecule has 0 aliphatic rings. The largest absolute Gasteiger partial charge is 0.508 e. The topological polar surface area (TPSA) is 46.2 Å². The second-order valence-electron chi connectivity index (χ2n) is 3.45. The van der Waals surface area contributed by atoms with Crippen molar-refractivity contribution >= 4 is 12.1 Å². The van der Waals surface area contributed by atoms with E-state index < -0.39 is 0 Å². The van der Waals surface area contributed by atoms with E-state index in [-0.39, 0.29) is 29.9 Å². The van der Waals surface area contributed by atoms with Crippen molar-refractivity contribution in [2.45, 2.75) is 30.7 Å². The number of hydrogen-bond donors (Lipinski definition) is 2. The van der Waals surface area contributed by atoms with Crippen LogP contribution in [0.15, 0.2) is 23.1 Å². The van der Waals surface area contributed by atoms with Crippen LogP contribution in [0.1, 0.15) is 25.3 Å². The molecular formula is C10H14FNOS. The van der Waals surface area contributed by atoms with Gasteiger partial charge in [-0.05, 0) is 36.6 Å². The van der Waals surface area contributed by atoms with E-state index in [0.29, 0.717) is 4.90 Å². The number of nitrogens with two attached hydrogens (primary N) is 1. The minimum absolute atomic E-state index is 0.0281. The molecule has 1 aromatic rings. The van der Waals surface area contributed by atoms with Crippen molar-refractivity contribution < 1.29 is 8.99 Å². The third kappa shape index (κ3) is 2.39. The summed E-state index contributed by atoms with van der Waals surface area (Å²) in [7, 11) is 0. The molecule has 0 heterocycles. The van der Waals surface area contributed by atoms with Gasteiger partial charge in [0.05, 0.1) is 12.1 Å². The molecule has 0 fully saturated rings.